The highest BCUT2D eigenvalue weighted by Gasteiger charge is 2.30. The summed E-state index contributed by atoms with van der Waals surface area (Å²) in [6.45, 7) is -0.271. The Kier molecular flexibility index (Phi) is 3.44. The SMILES string of the molecule is Nc1nc(CO)ccc1-c1cccc(C(F)(F)F)c1. The van der Waals surface area contributed by atoms with Crippen molar-refractivity contribution in [3.05, 3.63) is 47.7 Å². The molecule has 100 valence electrons. The zero-order valence-corrected chi connectivity index (χ0v) is 9.78. The van der Waals surface area contributed by atoms with E-state index in [-0.39, 0.29) is 12.4 Å². The minimum Gasteiger partial charge on any atom is -0.390 e. The Hall–Kier alpha value is -2.08. The van der Waals surface area contributed by atoms with Crippen molar-refractivity contribution in [2.24, 2.45) is 0 Å². The van der Waals surface area contributed by atoms with Gasteiger partial charge in [0.1, 0.15) is 5.82 Å². The van der Waals surface area contributed by atoms with Gasteiger partial charge in [-0.3, -0.25) is 0 Å². The molecule has 1 aromatic carbocycles. The van der Waals surface area contributed by atoms with Crippen molar-refractivity contribution in [2.45, 2.75) is 12.8 Å². The van der Waals surface area contributed by atoms with E-state index in [9.17, 15) is 13.2 Å². The topological polar surface area (TPSA) is 59.1 Å². The molecule has 0 radical (unpaired) electrons. The van der Waals surface area contributed by atoms with Crippen molar-refractivity contribution in [2.75, 3.05) is 5.73 Å². The zero-order valence-electron chi connectivity index (χ0n) is 9.78. The molecule has 0 spiro atoms. The highest BCUT2D eigenvalue weighted by Crippen LogP contribution is 2.33. The van der Waals surface area contributed by atoms with Gasteiger partial charge in [0.15, 0.2) is 0 Å². The molecule has 0 aliphatic heterocycles. The normalized spacial score (nSPS) is 11.6. The van der Waals surface area contributed by atoms with E-state index in [1.54, 1.807) is 6.07 Å². The van der Waals surface area contributed by atoms with Gasteiger partial charge < -0.3 is 10.8 Å². The molecule has 0 saturated carbocycles. The van der Waals surface area contributed by atoms with Crippen LogP contribution in [0.4, 0.5) is 19.0 Å². The summed E-state index contributed by atoms with van der Waals surface area (Å²) in [6, 6.07) is 7.93. The minimum absolute atomic E-state index is 0.0888. The Bertz CT molecular complexity index is 597. The lowest BCUT2D eigenvalue weighted by atomic mass is 10.0. The Morgan fingerprint density at radius 3 is 2.47 bits per heavy atom. The van der Waals surface area contributed by atoms with Crippen LogP contribution in [0.15, 0.2) is 36.4 Å². The van der Waals surface area contributed by atoms with Crippen molar-refractivity contribution in [1.82, 2.24) is 4.98 Å². The lowest BCUT2D eigenvalue weighted by molar-refractivity contribution is -0.137. The number of aliphatic hydroxyl groups is 1. The van der Waals surface area contributed by atoms with Gasteiger partial charge in [0.05, 0.1) is 17.9 Å². The Labute approximate surface area is 107 Å². The van der Waals surface area contributed by atoms with Crippen LogP contribution in [0.5, 0.6) is 0 Å². The maximum absolute atomic E-state index is 12.6. The summed E-state index contributed by atoms with van der Waals surface area (Å²) in [6.07, 6.45) is -4.40. The number of nitrogen functional groups attached to an aromatic ring is 1. The smallest absolute Gasteiger partial charge is 0.390 e. The molecule has 2 rings (SSSR count). The number of hydrogen-bond acceptors (Lipinski definition) is 3. The number of hydrogen-bond donors (Lipinski definition) is 2. The van der Waals surface area contributed by atoms with E-state index >= 15 is 0 Å². The first-order valence-electron chi connectivity index (χ1n) is 5.45. The van der Waals surface area contributed by atoms with E-state index in [4.69, 9.17) is 10.8 Å². The molecular formula is C13H11F3N2O. The van der Waals surface area contributed by atoms with Gasteiger partial charge in [-0.2, -0.15) is 13.2 Å². The fourth-order valence-corrected chi connectivity index (χ4v) is 1.71. The lowest BCUT2D eigenvalue weighted by Crippen LogP contribution is -2.05. The number of aromatic nitrogens is 1. The number of alkyl halides is 3. The first-order valence-corrected chi connectivity index (χ1v) is 5.45. The zero-order chi connectivity index (χ0) is 14.0. The number of aliphatic hydroxyl groups excluding tert-OH is 1. The Morgan fingerprint density at radius 2 is 1.89 bits per heavy atom. The van der Waals surface area contributed by atoms with Gasteiger partial charge in [0.2, 0.25) is 0 Å². The van der Waals surface area contributed by atoms with Crippen molar-refractivity contribution < 1.29 is 18.3 Å². The average Bonchev–Trinajstić information content (AvgIpc) is 2.37. The molecule has 0 aliphatic carbocycles. The molecule has 3 nitrogen and oxygen atoms in total. The predicted molar refractivity (Wildman–Crippen MR) is 65.0 cm³/mol. The number of nitrogens with two attached hydrogens (primary N) is 1. The van der Waals surface area contributed by atoms with E-state index in [1.165, 1.54) is 18.2 Å². The summed E-state index contributed by atoms with van der Waals surface area (Å²) in [7, 11) is 0. The molecule has 0 bridgehead atoms. The molecule has 19 heavy (non-hydrogen) atoms. The van der Waals surface area contributed by atoms with Crippen LogP contribution in [-0.2, 0) is 12.8 Å². The second-order valence-corrected chi connectivity index (χ2v) is 3.97. The number of benzene rings is 1. The fraction of sp³-hybridized carbons (Fsp3) is 0.154. The summed E-state index contributed by atoms with van der Waals surface area (Å²) in [5.41, 5.74) is 6.06. The maximum Gasteiger partial charge on any atom is 0.416 e. The standard InChI is InChI=1S/C13H11F3N2O/c14-13(15,16)9-3-1-2-8(6-9)11-5-4-10(7-19)18-12(11)17/h1-6,19H,7H2,(H2,17,18). The van der Waals surface area contributed by atoms with Gasteiger partial charge in [-0.15, -0.1) is 0 Å². The second kappa shape index (κ2) is 4.89. The molecule has 1 aromatic heterocycles. The second-order valence-electron chi connectivity index (χ2n) is 3.97. The van der Waals surface area contributed by atoms with E-state index < -0.39 is 11.7 Å². The van der Waals surface area contributed by atoms with Gasteiger partial charge in [-0.1, -0.05) is 12.1 Å². The molecular weight excluding hydrogens is 257 g/mol. The molecule has 3 N–H and O–H groups in total. The molecule has 0 fully saturated rings. The molecule has 0 aliphatic rings. The first kappa shape index (κ1) is 13.4. The van der Waals surface area contributed by atoms with Gasteiger partial charge >= 0.3 is 6.18 Å². The maximum atomic E-state index is 12.6. The fourth-order valence-electron chi connectivity index (χ4n) is 1.71. The summed E-state index contributed by atoms with van der Waals surface area (Å²) < 4.78 is 37.9. The number of anilines is 1. The summed E-state index contributed by atoms with van der Waals surface area (Å²) in [4.78, 5) is 3.91. The lowest BCUT2D eigenvalue weighted by Gasteiger charge is -2.10. The van der Waals surface area contributed by atoms with Crippen LogP contribution in [0.3, 0.4) is 0 Å². The molecule has 0 saturated heterocycles. The third-order valence-corrected chi connectivity index (χ3v) is 2.65. The molecule has 2 aromatic rings. The van der Waals surface area contributed by atoms with E-state index in [0.29, 0.717) is 16.8 Å². The van der Waals surface area contributed by atoms with Crippen LogP contribution in [-0.4, -0.2) is 10.1 Å². The number of rotatable bonds is 2. The van der Waals surface area contributed by atoms with Gasteiger partial charge in [0.25, 0.3) is 0 Å². The third kappa shape index (κ3) is 2.85. The molecule has 0 amide bonds. The van der Waals surface area contributed by atoms with Crippen LogP contribution in [0.2, 0.25) is 0 Å². The molecule has 0 atom stereocenters. The molecule has 0 unspecified atom stereocenters. The number of halogens is 3. The predicted octanol–water partition coefficient (Wildman–Crippen LogP) is 2.84. The largest absolute Gasteiger partial charge is 0.416 e. The van der Waals surface area contributed by atoms with Gasteiger partial charge in [-0.05, 0) is 29.8 Å². The van der Waals surface area contributed by atoms with Crippen molar-refractivity contribution in [3.63, 3.8) is 0 Å². The van der Waals surface area contributed by atoms with Crippen molar-refractivity contribution in [1.29, 1.82) is 0 Å². The monoisotopic (exact) mass is 268 g/mol. The number of pyridine rings is 1. The quantitative estimate of drug-likeness (QED) is 0.880. The van der Waals surface area contributed by atoms with Crippen molar-refractivity contribution >= 4 is 5.82 Å². The summed E-state index contributed by atoms with van der Waals surface area (Å²) in [5.74, 6) is 0.0888. The summed E-state index contributed by atoms with van der Waals surface area (Å²) in [5, 5.41) is 8.91. The molecule has 1 heterocycles. The van der Waals surface area contributed by atoms with Crippen molar-refractivity contribution in [3.8, 4) is 11.1 Å². The third-order valence-electron chi connectivity index (χ3n) is 2.65. The van der Waals surface area contributed by atoms with E-state index in [2.05, 4.69) is 4.98 Å². The van der Waals surface area contributed by atoms with Crippen LogP contribution < -0.4 is 5.73 Å². The minimum atomic E-state index is -4.40. The van der Waals surface area contributed by atoms with Crippen LogP contribution in [0, 0.1) is 0 Å². The highest BCUT2D eigenvalue weighted by molar-refractivity contribution is 5.74. The van der Waals surface area contributed by atoms with Gasteiger partial charge in [0, 0.05) is 5.56 Å². The number of nitrogens with zero attached hydrogens (tertiary/aromatic N) is 1. The summed E-state index contributed by atoms with van der Waals surface area (Å²) >= 11 is 0. The van der Waals surface area contributed by atoms with Gasteiger partial charge in [-0.25, -0.2) is 4.98 Å². The van der Waals surface area contributed by atoms with Crippen LogP contribution >= 0.6 is 0 Å². The van der Waals surface area contributed by atoms with E-state index in [1.807, 2.05) is 0 Å². The Balaban J connectivity index is 2.48. The van der Waals surface area contributed by atoms with Crippen LogP contribution in [0.25, 0.3) is 11.1 Å². The van der Waals surface area contributed by atoms with E-state index in [0.717, 1.165) is 12.1 Å². The average molecular weight is 268 g/mol. The molecule has 6 heteroatoms. The highest BCUT2D eigenvalue weighted by atomic mass is 19.4. The Morgan fingerprint density at radius 1 is 1.16 bits per heavy atom. The van der Waals surface area contributed by atoms with Crippen LogP contribution in [0.1, 0.15) is 11.3 Å². The first-order chi connectivity index (χ1) is 8.91.